The van der Waals surface area contributed by atoms with Crippen LogP contribution in [0, 0.1) is 0 Å². The zero-order chi connectivity index (χ0) is 15.1. The zero-order valence-electron chi connectivity index (χ0n) is 12.1. The van der Waals surface area contributed by atoms with Crippen molar-refractivity contribution in [2.24, 2.45) is 7.05 Å². The van der Waals surface area contributed by atoms with Crippen molar-refractivity contribution >= 4 is 23.5 Å². The van der Waals surface area contributed by atoms with Crippen LogP contribution in [0.3, 0.4) is 0 Å². The van der Waals surface area contributed by atoms with Gasteiger partial charge in [0, 0.05) is 32.0 Å². The Kier molecular flexibility index (Phi) is 5.68. The van der Waals surface area contributed by atoms with Crippen LogP contribution < -0.4 is 4.90 Å². The Morgan fingerprint density at radius 2 is 2.29 bits per heavy atom. The molecule has 2 aromatic rings. The third-order valence-electron chi connectivity index (χ3n) is 2.89. The summed E-state index contributed by atoms with van der Waals surface area (Å²) in [6.07, 6.45) is 2.96. The third kappa shape index (κ3) is 4.25. The standard InChI is InChI=1S/C13H18N6OS/c1-3-19(11-7-4-5-9-14-11)12(20)8-6-10-21-13-15-16-17-18(13)2/h4-5,7,9H,3,6,8,10H2,1-2H3. The topological polar surface area (TPSA) is 76.8 Å². The summed E-state index contributed by atoms with van der Waals surface area (Å²) in [5.74, 6) is 1.60. The lowest BCUT2D eigenvalue weighted by Crippen LogP contribution is -2.31. The third-order valence-corrected chi connectivity index (χ3v) is 3.99. The molecule has 2 aromatic heterocycles. The zero-order valence-corrected chi connectivity index (χ0v) is 13.0. The first-order chi connectivity index (χ1) is 10.2. The normalized spacial score (nSPS) is 10.6. The molecule has 0 aliphatic rings. The van der Waals surface area contributed by atoms with Gasteiger partial charge in [-0.15, -0.1) is 5.10 Å². The number of carbonyl (C=O) groups excluding carboxylic acids is 1. The number of nitrogens with zero attached hydrogens (tertiary/aromatic N) is 6. The number of rotatable bonds is 7. The number of anilines is 1. The van der Waals surface area contributed by atoms with Gasteiger partial charge >= 0.3 is 0 Å². The molecular formula is C13H18N6OS. The fraction of sp³-hybridized carbons (Fsp3) is 0.462. The molecule has 2 rings (SSSR count). The molecule has 0 aliphatic carbocycles. The molecule has 0 aromatic carbocycles. The van der Waals surface area contributed by atoms with Crippen LogP contribution in [0.25, 0.3) is 0 Å². The number of amides is 1. The van der Waals surface area contributed by atoms with E-state index in [0.717, 1.165) is 17.3 Å². The molecule has 0 radical (unpaired) electrons. The SMILES string of the molecule is CCN(C(=O)CCCSc1nnnn1C)c1ccccn1. The summed E-state index contributed by atoms with van der Waals surface area (Å²) in [4.78, 5) is 18.2. The molecule has 0 bridgehead atoms. The van der Waals surface area contributed by atoms with Crippen LogP contribution in [0.2, 0.25) is 0 Å². The van der Waals surface area contributed by atoms with Crippen molar-refractivity contribution in [3.63, 3.8) is 0 Å². The van der Waals surface area contributed by atoms with E-state index in [1.807, 2.05) is 25.1 Å². The van der Waals surface area contributed by atoms with Gasteiger partial charge < -0.3 is 0 Å². The minimum atomic E-state index is 0.0906. The maximum Gasteiger partial charge on any atom is 0.228 e. The maximum atomic E-state index is 12.2. The maximum absolute atomic E-state index is 12.2. The number of carbonyl (C=O) groups is 1. The van der Waals surface area contributed by atoms with E-state index in [9.17, 15) is 4.79 Å². The van der Waals surface area contributed by atoms with E-state index < -0.39 is 0 Å². The molecule has 0 aliphatic heterocycles. The summed E-state index contributed by atoms with van der Waals surface area (Å²) in [5, 5.41) is 12.0. The predicted octanol–water partition coefficient (Wildman–Crippen LogP) is 1.53. The highest BCUT2D eigenvalue weighted by molar-refractivity contribution is 7.99. The summed E-state index contributed by atoms with van der Waals surface area (Å²) in [7, 11) is 1.80. The van der Waals surface area contributed by atoms with Crippen LogP contribution in [0.4, 0.5) is 5.82 Å². The van der Waals surface area contributed by atoms with Gasteiger partial charge in [-0.05, 0) is 35.9 Å². The molecule has 0 N–H and O–H groups in total. The highest BCUT2D eigenvalue weighted by atomic mass is 32.2. The fourth-order valence-electron chi connectivity index (χ4n) is 1.84. The van der Waals surface area contributed by atoms with Crippen molar-refractivity contribution in [3.05, 3.63) is 24.4 Å². The van der Waals surface area contributed by atoms with Gasteiger partial charge in [0.2, 0.25) is 11.1 Å². The first-order valence-corrected chi connectivity index (χ1v) is 7.77. The molecule has 7 nitrogen and oxygen atoms in total. The van der Waals surface area contributed by atoms with Crippen LogP contribution in [-0.4, -0.2) is 43.4 Å². The minimum absolute atomic E-state index is 0.0906. The largest absolute Gasteiger partial charge is 0.297 e. The van der Waals surface area contributed by atoms with Gasteiger partial charge in [-0.25, -0.2) is 9.67 Å². The monoisotopic (exact) mass is 306 g/mol. The van der Waals surface area contributed by atoms with E-state index in [2.05, 4.69) is 20.5 Å². The average Bonchev–Trinajstić information content (AvgIpc) is 2.91. The van der Waals surface area contributed by atoms with Gasteiger partial charge in [-0.2, -0.15) is 0 Å². The molecule has 0 fully saturated rings. The van der Waals surface area contributed by atoms with Gasteiger partial charge in [-0.3, -0.25) is 9.69 Å². The number of hydrogen-bond acceptors (Lipinski definition) is 6. The van der Waals surface area contributed by atoms with E-state index in [4.69, 9.17) is 0 Å². The van der Waals surface area contributed by atoms with Gasteiger partial charge in [0.1, 0.15) is 5.82 Å². The van der Waals surface area contributed by atoms with E-state index in [0.29, 0.717) is 18.8 Å². The van der Waals surface area contributed by atoms with Crippen molar-refractivity contribution in [1.82, 2.24) is 25.2 Å². The Labute approximate surface area is 127 Å². The molecule has 0 saturated carbocycles. The smallest absolute Gasteiger partial charge is 0.228 e. The first-order valence-electron chi connectivity index (χ1n) is 6.79. The molecule has 112 valence electrons. The summed E-state index contributed by atoms with van der Waals surface area (Å²) in [6, 6.07) is 5.57. The molecule has 0 unspecified atom stereocenters. The van der Waals surface area contributed by atoms with E-state index in [1.54, 1.807) is 34.6 Å². The average molecular weight is 306 g/mol. The summed E-state index contributed by atoms with van der Waals surface area (Å²) in [6.45, 7) is 2.57. The second-order valence-corrected chi connectivity index (χ2v) is 5.43. The van der Waals surface area contributed by atoms with E-state index >= 15 is 0 Å². The van der Waals surface area contributed by atoms with E-state index in [1.165, 1.54) is 0 Å². The number of hydrogen-bond donors (Lipinski definition) is 0. The number of aryl methyl sites for hydroxylation is 1. The van der Waals surface area contributed by atoms with Gasteiger partial charge in [-0.1, -0.05) is 17.8 Å². The van der Waals surface area contributed by atoms with Gasteiger partial charge in [0.25, 0.3) is 0 Å². The minimum Gasteiger partial charge on any atom is -0.297 e. The van der Waals surface area contributed by atoms with Crippen LogP contribution in [0.5, 0.6) is 0 Å². The Morgan fingerprint density at radius 1 is 1.43 bits per heavy atom. The molecule has 8 heteroatoms. The lowest BCUT2D eigenvalue weighted by atomic mass is 10.3. The second-order valence-electron chi connectivity index (χ2n) is 4.36. The lowest BCUT2D eigenvalue weighted by molar-refractivity contribution is -0.118. The number of pyridine rings is 1. The van der Waals surface area contributed by atoms with Crippen LogP contribution >= 0.6 is 11.8 Å². The lowest BCUT2D eigenvalue weighted by Gasteiger charge is -2.19. The number of thioether (sulfide) groups is 1. The molecule has 2 heterocycles. The highest BCUT2D eigenvalue weighted by Gasteiger charge is 2.14. The van der Waals surface area contributed by atoms with Crippen LogP contribution in [0.1, 0.15) is 19.8 Å². The molecule has 1 amide bonds. The van der Waals surface area contributed by atoms with Crippen molar-refractivity contribution < 1.29 is 4.79 Å². The van der Waals surface area contributed by atoms with Gasteiger partial charge in [0.05, 0.1) is 0 Å². The van der Waals surface area contributed by atoms with Crippen molar-refractivity contribution in [2.45, 2.75) is 24.9 Å². The Balaban J connectivity index is 1.79. The highest BCUT2D eigenvalue weighted by Crippen LogP contribution is 2.16. The molecule has 0 atom stereocenters. The van der Waals surface area contributed by atoms with Crippen molar-refractivity contribution in [2.75, 3.05) is 17.2 Å². The van der Waals surface area contributed by atoms with Crippen molar-refractivity contribution in [3.8, 4) is 0 Å². The molecular weight excluding hydrogens is 288 g/mol. The van der Waals surface area contributed by atoms with Gasteiger partial charge in [0.15, 0.2) is 0 Å². The summed E-state index contributed by atoms with van der Waals surface area (Å²) in [5.41, 5.74) is 0. The van der Waals surface area contributed by atoms with E-state index in [-0.39, 0.29) is 5.91 Å². The summed E-state index contributed by atoms with van der Waals surface area (Å²) >= 11 is 1.55. The quantitative estimate of drug-likeness (QED) is 0.570. The Morgan fingerprint density at radius 3 is 2.90 bits per heavy atom. The van der Waals surface area contributed by atoms with Crippen LogP contribution in [-0.2, 0) is 11.8 Å². The summed E-state index contributed by atoms with van der Waals surface area (Å²) < 4.78 is 1.62. The fourth-order valence-corrected chi connectivity index (χ4v) is 2.63. The van der Waals surface area contributed by atoms with Crippen LogP contribution in [0.15, 0.2) is 29.6 Å². The first kappa shape index (κ1) is 15.4. The molecule has 0 saturated heterocycles. The predicted molar refractivity (Wildman–Crippen MR) is 81.0 cm³/mol. The molecule has 0 spiro atoms. The number of aromatic nitrogens is 5. The number of tetrazole rings is 1. The Bertz CT molecular complexity index is 573. The molecule has 21 heavy (non-hydrogen) atoms. The second kappa shape index (κ2) is 7.72. The van der Waals surface area contributed by atoms with Crippen molar-refractivity contribution in [1.29, 1.82) is 0 Å². The Hall–Kier alpha value is -1.96.